The van der Waals surface area contributed by atoms with Crippen LogP contribution in [0.3, 0.4) is 0 Å². The number of pyridine rings is 1. The van der Waals surface area contributed by atoms with Gasteiger partial charge in [-0.05, 0) is 112 Å². The van der Waals surface area contributed by atoms with Crippen molar-refractivity contribution in [3.8, 4) is 56.0 Å². The lowest BCUT2D eigenvalue weighted by molar-refractivity contribution is 1.23. The minimum absolute atomic E-state index is 0.698. The number of allylic oxidation sites excluding steroid dienone is 7. The normalized spacial score (nSPS) is 12.3. The van der Waals surface area contributed by atoms with Crippen molar-refractivity contribution >= 4 is 27.2 Å². The molecule has 0 unspecified atom stereocenters. The maximum atomic E-state index is 5.20. The molecule has 2 aromatic heterocycles. The van der Waals surface area contributed by atoms with Gasteiger partial charge in [-0.1, -0.05) is 146 Å². The first-order chi connectivity index (χ1) is 27.0. The zero-order valence-corrected chi connectivity index (χ0v) is 31.4. The maximum absolute atomic E-state index is 5.20. The third-order valence-corrected chi connectivity index (χ3v) is 10.2. The summed E-state index contributed by atoms with van der Waals surface area (Å²) in [5.41, 5.74) is 15.3. The molecular formula is C52H41N3. The van der Waals surface area contributed by atoms with E-state index in [1.54, 1.807) is 0 Å². The minimum atomic E-state index is 0.698. The van der Waals surface area contributed by atoms with Gasteiger partial charge < -0.3 is 0 Å². The molecule has 3 heteroatoms. The molecule has 3 nitrogen and oxygen atoms in total. The molecule has 55 heavy (non-hydrogen) atoms. The molecule has 0 aliphatic heterocycles. The highest BCUT2D eigenvalue weighted by Crippen LogP contribution is 2.38. The first-order valence-corrected chi connectivity index (χ1v) is 18.7. The standard InChI is InChI=1S/C52H41N3/c1-5-14-46(35(4)6-2)45(7-3)43-31-42(32-44(33-43)47-19-13-17-41-34-53-30-29-48(41)47)38-23-27-40(28-24-38)52-54-50-20-12-11-18-49(50)51(55-52)39-25-21-37(22-26-39)36-15-9-8-10-16-36/h5-34H,2H2,1,3-4H3/b14-5-,45-7-,46-35+. The van der Waals surface area contributed by atoms with Gasteiger partial charge in [0, 0.05) is 34.3 Å². The molecule has 6 aromatic carbocycles. The van der Waals surface area contributed by atoms with Crippen LogP contribution in [-0.2, 0) is 0 Å². The Kier molecular flexibility index (Phi) is 9.92. The Hall–Kier alpha value is -6.97. The van der Waals surface area contributed by atoms with E-state index in [4.69, 9.17) is 9.97 Å². The van der Waals surface area contributed by atoms with E-state index in [1.807, 2.05) is 30.6 Å². The van der Waals surface area contributed by atoms with E-state index in [1.165, 1.54) is 22.1 Å². The summed E-state index contributed by atoms with van der Waals surface area (Å²) >= 11 is 0. The number of fused-ring (bicyclic) bond motifs is 2. The van der Waals surface area contributed by atoms with Crippen LogP contribution in [-0.4, -0.2) is 15.0 Å². The summed E-state index contributed by atoms with van der Waals surface area (Å²) in [6, 6.07) is 51.4. The Morgan fingerprint density at radius 1 is 0.582 bits per heavy atom. The second-order valence-corrected chi connectivity index (χ2v) is 13.6. The lowest BCUT2D eigenvalue weighted by Gasteiger charge is -2.17. The highest BCUT2D eigenvalue weighted by atomic mass is 14.9. The van der Waals surface area contributed by atoms with E-state index < -0.39 is 0 Å². The largest absolute Gasteiger partial charge is 0.264 e. The fourth-order valence-corrected chi connectivity index (χ4v) is 7.36. The topological polar surface area (TPSA) is 38.7 Å². The van der Waals surface area contributed by atoms with Crippen molar-refractivity contribution in [3.05, 3.63) is 206 Å². The van der Waals surface area contributed by atoms with E-state index >= 15 is 0 Å². The van der Waals surface area contributed by atoms with Crippen LogP contribution in [0.1, 0.15) is 26.3 Å². The molecule has 8 aromatic rings. The lowest BCUT2D eigenvalue weighted by atomic mass is 9.87. The Morgan fingerprint density at radius 3 is 2.00 bits per heavy atom. The van der Waals surface area contributed by atoms with Crippen LogP contribution in [0.15, 0.2) is 200 Å². The molecule has 0 fully saturated rings. The molecule has 0 saturated carbocycles. The monoisotopic (exact) mass is 707 g/mol. The summed E-state index contributed by atoms with van der Waals surface area (Å²) in [7, 11) is 0. The summed E-state index contributed by atoms with van der Waals surface area (Å²) in [5.74, 6) is 0.698. The van der Waals surface area contributed by atoms with Crippen LogP contribution in [0.4, 0.5) is 0 Å². The van der Waals surface area contributed by atoms with E-state index in [0.29, 0.717) is 5.82 Å². The number of hydrogen-bond donors (Lipinski definition) is 0. The molecule has 0 aliphatic rings. The van der Waals surface area contributed by atoms with Gasteiger partial charge in [0.1, 0.15) is 0 Å². The highest BCUT2D eigenvalue weighted by Gasteiger charge is 2.15. The van der Waals surface area contributed by atoms with Gasteiger partial charge in [0.2, 0.25) is 0 Å². The molecule has 0 radical (unpaired) electrons. The van der Waals surface area contributed by atoms with Crippen LogP contribution < -0.4 is 0 Å². The van der Waals surface area contributed by atoms with Crippen molar-refractivity contribution in [2.75, 3.05) is 0 Å². The van der Waals surface area contributed by atoms with Gasteiger partial charge in [0.15, 0.2) is 5.82 Å². The summed E-state index contributed by atoms with van der Waals surface area (Å²) in [6.45, 7) is 10.4. The van der Waals surface area contributed by atoms with Crippen LogP contribution in [0.25, 0.3) is 83.3 Å². The third-order valence-electron chi connectivity index (χ3n) is 10.2. The average Bonchev–Trinajstić information content (AvgIpc) is 3.26. The van der Waals surface area contributed by atoms with Crippen LogP contribution in [0.5, 0.6) is 0 Å². The van der Waals surface area contributed by atoms with Crippen molar-refractivity contribution in [3.63, 3.8) is 0 Å². The molecule has 0 N–H and O–H groups in total. The molecule has 8 rings (SSSR count). The second kappa shape index (κ2) is 15.6. The number of rotatable bonds is 9. The molecule has 0 atom stereocenters. The third kappa shape index (κ3) is 7.08. The number of hydrogen-bond acceptors (Lipinski definition) is 3. The first-order valence-electron chi connectivity index (χ1n) is 18.7. The van der Waals surface area contributed by atoms with Crippen molar-refractivity contribution < 1.29 is 0 Å². The van der Waals surface area contributed by atoms with E-state index in [2.05, 4.69) is 184 Å². The van der Waals surface area contributed by atoms with E-state index in [-0.39, 0.29) is 0 Å². The van der Waals surface area contributed by atoms with Gasteiger partial charge in [-0.3, -0.25) is 4.98 Å². The smallest absolute Gasteiger partial charge is 0.160 e. The average molecular weight is 708 g/mol. The quantitative estimate of drug-likeness (QED) is 0.140. The molecule has 264 valence electrons. The zero-order valence-electron chi connectivity index (χ0n) is 31.4. The molecule has 2 heterocycles. The molecule has 0 saturated heterocycles. The highest BCUT2D eigenvalue weighted by molar-refractivity contribution is 5.98. The Morgan fingerprint density at radius 2 is 1.25 bits per heavy atom. The predicted octanol–water partition coefficient (Wildman–Crippen LogP) is 14.0. The van der Waals surface area contributed by atoms with Gasteiger partial charge in [0.05, 0.1) is 11.2 Å². The fraction of sp³-hybridized carbons (Fsp3) is 0.0577. The molecule has 0 amide bonds. The maximum Gasteiger partial charge on any atom is 0.160 e. The van der Waals surface area contributed by atoms with E-state index in [9.17, 15) is 0 Å². The SMILES string of the molecule is C=C/C(C)=C(\C=C/C)C(=C\C)/c1cc(-c2ccc(-c3nc(-c4ccc(-c5ccccc5)cc4)c4ccccc4n3)cc2)cc(-c2cccc3cnccc23)c1. The van der Waals surface area contributed by atoms with Crippen LogP contribution in [0, 0.1) is 0 Å². The number of nitrogens with zero attached hydrogens (tertiary/aromatic N) is 3. The van der Waals surface area contributed by atoms with Gasteiger partial charge in [-0.25, -0.2) is 9.97 Å². The lowest BCUT2D eigenvalue weighted by Crippen LogP contribution is -1.96. The van der Waals surface area contributed by atoms with Gasteiger partial charge in [-0.15, -0.1) is 0 Å². The Labute approximate surface area is 323 Å². The Balaban J connectivity index is 1.23. The zero-order chi connectivity index (χ0) is 37.7. The summed E-state index contributed by atoms with van der Waals surface area (Å²) < 4.78 is 0. The first kappa shape index (κ1) is 35.1. The Bertz CT molecular complexity index is 2760. The van der Waals surface area contributed by atoms with Crippen molar-refractivity contribution in [2.45, 2.75) is 20.8 Å². The number of benzene rings is 6. The predicted molar refractivity (Wildman–Crippen MR) is 233 cm³/mol. The molecule has 0 spiro atoms. The molecule has 0 aliphatic carbocycles. The van der Waals surface area contributed by atoms with Crippen molar-refractivity contribution in [1.29, 1.82) is 0 Å². The van der Waals surface area contributed by atoms with Gasteiger partial charge in [0.25, 0.3) is 0 Å². The molecular weight excluding hydrogens is 667 g/mol. The van der Waals surface area contributed by atoms with Gasteiger partial charge >= 0.3 is 0 Å². The van der Waals surface area contributed by atoms with Crippen LogP contribution >= 0.6 is 0 Å². The van der Waals surface area contributed by atoms with Crippen molar-refractivity contribution in [2.24, 2.45) is 0 Å². The number of aromatic nitrogens is 3. The second-order valence-electron chi connectivity index (χ2n) is 13.6. The summed E-state index contributed by atoms with van der Waals surface area (Å²) in [5, 5.41) is 3.31. The van der Waals surface area contributed by atoms with E-state index in [0.717, 1.165) is 72.1 Å². The van der Waals surface area contributed by atoms with Crippen LogP contribution in [0.2, 0.25) is 0 Å². The van der Waals surface area contributed by atoms with Crippen molar-refractivity contribution in [1.82, 2.24) is 15.0 Å². The number of para-hydroxylation sites is 1. The molecule has 0 bridgehead atoms. The fourth-order valence-electron chi connectivity index (χ4n) is 7.36. The summed E-state index contributed by atoms with van der Waals surface area (Å²) in [4.78, 5) is 14.6. The minimum Gasteiger partial charge on any atom is -0.264 e. The summed E-state index contributed by atoms with van der Waals surface area (Å²) in [6.07, 6.45) is 12.2. The van der Waals surface area contributed by atoms with Gasteiger partial charge in [-0.2, -0.15) is 0 Å².